The summed E-state index contributed by atoms with van der Waals surface area (Å²) in [5.74, 6) is 1.08. The van der Waals surface area contributed by atoms with Gasteiger partial charge in [-0.1, -0.05) is 36.2 Å². The number of hydrogen-bond acceptors (Lipinski definition) is 2. The van der Waals surface area contributed by atoms with Crippen LogP contribution in [0.2, 0.25) is 0 Å². The third-order valence-corrected chi connectivity index (χ3v) is 3.98. The van der Waals surface area contributed by atoms with Gasteiger partial charge in [-0.2, -0.15) is 11.8 Å². The fourth-order valence-electron chi connectivity index (χ4n) is 1.72. The van der Waals surface area contributed by atoms with Gasteiger partial charge in [-0.3, -0.25) is 0 Å². The SMILES string of the molecule is CCC(CN)SCc1cc(C)cc(C)c1. The predicted molar refractivity (Wildman–Crippen MR) is 70.3 cm³/mol. The van der Waals surface area contributed by atoms with Crippen molar-refractivity contribution in [1.29, 1.82) is 0 Å². The van der Waals surface area contributed by atoms with Gasteiger partial charge in [-0.25, -0.2) is 0 Å². The van der Waals surface area contributed by atoms with Gasteiger partial charge >= 0.3 is 0 Å². The molecule has 2 N–H and O–H groups in total. The van der Waals surface area contributed by atoms with Crippen molar-refractivity contribution in [1.82, 2.24) is 0 Å². The van der Waals surface area contributed by atoms with Crippen molar-refractivity contribution in [3.63, 3.8) is 0 Å². The van der Waals surface area contributed by atoms with Crippen molar-refractivity contribution >= 4 is 11.8 Å². The van der Waals surface area contributed by atoms with E-state index in [1.54, 1.807) is 0 Å². The highest BCUT2D eigenvalue weighted by molar-refractivity contribution is 7.99. The fourth-order valence-corrected chi connectivity index (χ4v) is 2.69. The van der Waals surface area contributed by atoms with Crippen LogP contribution in [-0.2, 0) is 5.75 Å². The molecular weight excluding hydrogens is 202 g/mol. The lowest BCUT2D eigenvalue weighted by Crippen LogP contribution is -2.15. The van der Waals surface area contributed by atoms with Gasteiger partial charge in [0.05, 0.1) is 0 Å². The van der Waals surface area contributed by atoms with Crippen LogP contribution in [0.3, 0.4) is 0 Å². The van der Waals surface area contributed by atoms with E-state index in [2.05, 4.69) is 39.0 Å². The molecule has 0 saturated carbocycles. The average molecular weight is 223 g/mol. The van der Waals surface area contributed by atoms with Crippen molar-refractivity contribution in [2.75, 3.05) is 6.54 Å². The first kappa shape index (κ1) is 12.6. The smallest absolute Gasteiger partial charge is 0.0188 e. The molecule has 0 saturated heterocycles. The number of benzene rings is 1. The standard InChI is InChI=1S/C13H21NS/c1-4-13(8-14)15-9-12-6-10(2)5-11(3)7-12/h5-7,13H,4,8-9,14H2,1-3H3. The molecule has 0 aliphatic carbocycles. The molecule has 1 aromatic carbocycles. The number of hydrogen-bond donors (Lipinski definition) is 1. The second-order valence-corrected chi connectivity index (χ2v) is 5.36. The summed E-state index contributed by atoms with van der Waals surface area (Å²) in [6, 6.07) is 6.75. The molecule has 84 valence electrons. The highest BCUT2D eigenvalue weighted by Gasteiger charge is 2.04. The number of rotatable bonds is 5. The van der Waals surface area contributed by atoms with E-state index in [1.807, 2.05) is 11.8 Å². The van der Waals surface area contributed by atoms with Crippen molar-refractivity contribution in [3.05, 3.63) is 34.9 Å². The third-order valence-electron chi connectivity index (χ3n) is 2.49. The number of nitrogens with two attached hydrogens (primary N) is 1. The van der Waals surface area contributed by atoms with Crippen LogP contribution in [0.1, 0.15) is 30.0 Å². The van der Waals surface area contributed by atoms with E-state index in [0.29, 0.717) is 5.25 Å². The van der Waals surface area contributed by atoms with Gasteiger partial charge < -0.3 is 5.73 Å². The topological polar surface area (TPSA) is 26.0 Å². The monoisotopic (exact) mass is 223 g/mol. The van der Waals surface area contributed by atoms with Gasteiger partial charge in [0.25, 0.3) is 0 Å². The highest BCUT2D eigenvalue weighted by Crippen LogP contribution is 2.21. The molecule has 1 atom stereocenters. The van der Waals surface area contributed by atoms with E-state index in [9.17, 15) is 0 Å². The minimum Gasteiger partial charge on any atom is -0.329 e. The summed E-state index contributed by atoms with van der Waals surface area (Å²) < 4.78 is 0. The molecule has 0 radical (unpaired) electrons. The second kappa shape index (κ2) is 6.19. The predicted octanol–water partition coefficient (Wildman–Crippen LogP) is 3.27. The zero-order valence-corrected chi connectivity index (χ0v) is 10.7. The Morgan fingerprint density at radius 2 is 1.80 bits per heavy atom. The summed E-state index contributed by atoms with van der Waals surface area (Å²) in [6.07, 6.45) is 1.16. The Balaban J connectivity index is 2.57. The van der Waals surface area contributed by atoms with E-state index in [-0.39, 0.29) is 0 Å². The molecule has 0 amide bonds. The fraction of sp³-hybridized carbons (Fsp3) is 0.538. The number of thioether (sulfide) groups is 1. The van der Waals surface area contributed by atoms with Crippen molar-refractivity contribution in [3.8, 4) is 0 Å². The normalized spacial score (nSPS) is 12.8. The molecule has 1 nitrogen and oxygen atoms in total. The Morgan fingerprint density at radius 3 is 2.27 bits per heavy atom. The average Bonchev–Trinajstić information content (AvgIpc) is 2.18. The molecule has 1 aromatic rings. The van der Waals surface area contributed by atoms with Crippen molar-refractivity contribution in [2.45, 2.75) is 38.2 Å². The third kappa shape index (κ3) is 4.27. The minimum absolute atomic E-state index is 0.603. The summed E-state index contributed by atoms with van der Waals surface area (Å²) >= 11 is 1.97. The van der Waals surface area contributed by atoms with E-state index < -0.39 is 0 Å². The molecule has 0 aliphatic rings. The molecule has 0 bridgehead atoms. The first-order valence-corrected chi connectivity index (χ1v) is 6.59. The molecule has 1 rings (SSSR count). The zero-order valence-electron chi connectivity index (χ0n) is 9.92. The molecular formula is C13H21NS. The molecule has 0 spiro atoms. The molecule has 0 heterocycles. The van der Waals surface area contributed by atoms with Gasteiger partial charge in [0.1, 0.15) is 0 Å². The highest BCUT2D eigenvalue weighted by atomic mass is 32.2. The van der Waals surface area contributed by atoms with Crippen LogP contribution in [0.15, 0.2) is 18.2 Å². The molecule has 1 unspecified atom stereocenters. The first-order chi connectivity index (χ1) is 7.15. The Hall–Kier alpha value is -0.470. The Kier molecular flexibility index (Phi) is 5.20. The summed E-state index contributed by atoms with van der Waals surface area (Å²) in [4.78, 5) is 0. The Morgan fingerprint density at radius 1 is 1.20 bits per heavy atom. The molecule has 2 heteroatoms. The molecule has 0 fully saturated rings. The lowest BCUT2D eigenvalue weighted by atomic mass is 10.1. The van der Waals surface area contributed by atoms with E-state index in [1.165, 1.54) is 16.7 Å². The Bertz CT molecular complexity index is 285. The summed E-state index contributed by atoms with van der Waals surface area (Å²) in [5, 5.41) is 0.603. The maximum Gasteiger partial charge on any atom is 0.0188 e. The van der Waals surface area contributed by atoms with Crippen LogP contribution in [-0.4, -0.2) is 11.8 Å². The number of aryl methyl sites for hydroxylation is 2. The van der Waals surface area contributed by atoms with Crippen LogP contribution in [0, 0.1) is 13.8 Å². The summed E-state index contributed by atoms with van der Waals surface area (Å²) in [5.41, 5.74) is 9.81. The summed E-state index contributed by atoms with van der Waals surface area (Å²) in [6.45, 7) is 7.29. The van der Waals surface area contributed by atoms with Gasteiger partial charge in [0.15, 0.2) is 0 Å². The van der Waals surface area contributed by atoms with E-state index in [4.69, 9.17) is 5.73 Å². The minimum atomic E-state index is 0.603. The first-order valence-electron chi connectivity index (χ1n) is 5.54. The van der Waals surface area contributed by atoms with Gasteiger partial charge in [0, 0.05) is 17.5 Å². The molecule has 15 heavy (non-hydrogen) atoms. The molecule has 0 aromatic heterocycles. The van der Waals surface area contributed by atoms with E-state index in [0.717, 1.165) is 18.7 Å². The van der Waals surface area contributed by atoms with Crippen LogP contribution in [0.5, 0.6) is 0 Å². The zero-order chi connectivity index (χ0) is 11.3. The van der Waals surface area contributed by atoms with Gasteiger partial charge in [-0.05, 0) is 25.8 Å². The summed E-state index contributed by atoms with van der Waals surface area (Å²) in [7, 11) is 0. The van der Waals surface area contributed by atoms with Gasteiger partial charge in [-0.15, -0.1) is 0 Å². The van der Waals surface area contributed by atoms with Crippen molar-refractivity contribution < 1.29 is 0 Å². The van der Waals surface area contributed by atoms with Gasteiger partial charge in [0.2, 0.25) is 0 Å². The van der Waals surface area contributed by atoms with Crippen LogP contribution < -0.4 is 5.73 Å². The lowest BCUT2D eigenvalue weighted by molar-refractivity contribution is 0.826. The quantitative estimate of drug-likeness (QED) is 0.829. The largest absolute Gasteiger partial charge is 0.329 e. The van der Waals surface area contributed by atoms with E-state index >= 15 is 0 Å². The van der Waals surface area contributed by atoms with Crippen LogP contribution >= 0.6 is 11.8 Å². The van der Waals surface area contributed by atoms with Crippen LogP contribution in [0.25, 0.3) is 0 Å². The second-order valence-electron chi connectivity index (χ2n) is 4.07. The van der Waals surface area contributed by atoms with Crippen LogP contribution in [0.4, 0.5) is 0 Å². The maximum atomic E-state index is 5.69. The maximum absolute atomic E-state index is 5.69. The lowest BCUT2D eigenvalue weighted by Gasteiger charge is -2.12. The Labute approximate surface area is 97.4 Å². The molecule has 0 aliphatic heterocycles. The van der Waals surface area contributed by atoms with Crippen molar-refractivity contribution in [2.24, 2.45) is 5.73 Å².